The van der Waals surface area contributed by atoms with Gasteiger partial charge in [-0.15, -0.1) is 0 Å². The molecule has 0 bridgehead atoms. The van der Waals surface area contributed by atoms with Crippen LogP contribution >= 0.6 is 0 Å². The van der Waals surface area contributed by atoms with Crippen LogP contribution in [0, 0.1) is 12.7 Å². The van der Waals surface area contributed by atoms with E-state index in [-0.39, 0.29) is 5.82 Å². The molecule has 0 atom stereocenters. The minimum atomic E-state index is -0.449. The summed E-state index contributed by atoms with van der Waals surface area (Å²) in [4.78, 5) is 23.7. The van der Waals surface area contributed by atoms with Crippen molar-refractivity contribution in [2.75, 3.05) is 38.3 Å². The minimum Gasteiger partial charge on any atom is -0.465 e. The number of ether oxygens (including phenoxy) is 2. The largest absolute Gasteiger partial charge is 0.465 e. The summed E-state index contributed by atoms with van der Waals surface area (Å²) in [5.41, 5.74) is 3.62. The first-order valence-corrected chi connectivity index (χ1v) is 10.1. The normalized spacial score (nSPS) is 14.4. The Morgan fingerprint density at radius 2 is 1.97 bits per heavy atom. The maximum atomic E-state index is 14.4. The number of rotatable bonds is 3. The molecule has 0 aliphatic carbocycles. The fraction of sp³-hybridized carbons (Fsp3) is 0.261. The summed E-state index contributed by atoms with van der Waals surface area (Å²) in [6, 6.07) is 10.5. The first-order valence-electron chi connectivity index (χ1n) is 10.1. The van der Waals surface area contributed by atoms with Crippen molar-refractivity contribution < 1.29 is 18.7 Å². The number of esters is 1. The molecule has 31 heavy (non-hydrogen) atoms. The van der Waals surface area contributed by atoms with Gasteiger partial charge >= 0.3 is 5.97 Å². The molecule has 0 N–H and O–H groups in total. The highest BCUT2D eigenvalue weighted by Crippen LogP contribution is 2.32. The average molecular weight is 420 g/mol. The second-order valence-corrected chi connectivity index (χ2v) is 7.41. The zero-order valence-corrected chi connectivity index (χ0v) is 17.3. The number of aryl methyl sites for hydroxylation is 1. The Balaban J connectivity index is 1.81. The van der Waals surface area contributed by atoms with Crippen LogP contribution in [0.25, 0.3) is 27.6 Å². The summed E-state index contributed by atoms with van der Waals surface area (Å²) in [6.07, 6.45) is 1.58. The van der Waals surface area contributed by atoms with Crippen molar-refractivity contribution in [1.29, 1.82) is 0 Å². The number of pyridine rings is 1. The highest BCUT2D eigenvalue weighted by molar-refractivity contribution is 6.05. The van der Waals surface area contributed by atoms with Gasteiger partial charge in [0.1, 0.15) is 22.7 Å². The molecule has 1 fully saturated rings. The van der Waals surface area contributed by atoms with E-state index in [4.69, 9.17) is 9.47 Å². The van der Waals surface area contributed by atoms with Gasteiger partial charge in [0.2, 0.25) is 0 Å². The lowest BCUT2D eigenvalue weighted by Crippen LogP contribution is -2.36. The van der Waals surface area contributed by atoms with E-state index in [2.05, 4.69) is 14.9 Å². The standard InChI is InChI=1S/C23H21FN4O3/c1-14-26-22-17(23(29)30-2)12-15(27-8-10-31-11-9-27)13-20(22)28(14)19-6-7-25-21-16(19)4-3-5-18(21)24/h3-7,12-13H,8-11H2,1-2H3. The van der Waals surface area contributed by atoms with Gasteiger partial charge in [0, 0.05) is 30.4 Å². The van der Waals surface area contributed by atoms with Gasteiger partial charge in [-0.25, -0.2) is 14.2 Å². The van der Waals surface area contributed by atoms with Crippen LogP contribution in [0.5, 0.6) is 0 Å². The Morgan fingerprint density at radius 1 is 1.16 bits per heavy atom. The lowest BCUT2D eigenvalue weighted by Gasteiger charge is -2.29. The zero-order valence-electron chi connectivity index (χ0n) is 17.3. The molecule has 5 rings (SSSR count). The van der Waals surface area contributed by atoms with Gasteiger partial charge in [-0.3, -0.25) is 9.55 Å². The number of imidazole rings is 1. The number of benzene rings is 2. The summed E-state index contributed by atoms with van der Waals surface area (Å²) >= 11 is 0. The number of nitrogens with zero attached hydrogens (tertiary/aromatic N) is 4. The molecule has 1 saturated heterocycles. The fourth-order valence-electron chi connectivity index (χ4n) is 4.17. The number of halogens is 1. The number of hydrogen-bond acceptors (Lipinski definition) is 6. The molecule has 0 amide bonds. The molecule has 0 radical (unpaired) electrons. The molecule has 0 saturated carbocycles. The number of fused-ring (bicyclic) bond motifs is 2. The Morgan fingerprint density at radius 3 is 2.74 bits per heavy atom. The highest BCUT2D eigenvalue weighted by Gasteiger charge is 2.23. The summed E-state index contributed by atoms with van der Waals surface area (Å²) < 4.78 is 26.8. The van der Waals surface area contributed by atoms with Crippen molar-refractivity contribution in [2.45, 2.75) is 6.92 Å². The highest BCUT2D eigenvalue weighted by atomic mass is 19.1. The number of hydrogen-bond donors (Lipinski definition) is 0. The molecule has 0 unspecified atom stereocenters. The Bertz CT molecular complexity index is 1310. The molecule has 3 heterocycles. The van der Waals surface area contributed by atoms with Gasteiger partial charge in [0.05, 0.1) is 37.1 Å². The molecule has 2 aromatic heterocycles. The number of aromatic nitrogens is 3. The molecular formula is C23H21FN4O3. The Kier molecular flexibility index (Phi) is 4.78. The van der Waals surface area contributed by atoms with Crippen LogP contribution in [-0.2, 0) is 9.47 Å². The summed E-state index contributed by atoms with van der Waals surface area (Å²) in [5, 5.41) is 0.668. The lowest BCUT2D eigenvalue weighted by atomic mass is 10.1. The van der Waals surface area contributed by atoms with E-state index in [0.29, 0.717) is 41.0 Å². The van der Waals surface area contributed by atoms with Crippen molar-refractivity contribution in [1.82, 2.24) is 14.5 Å². The SMILES string of the molecule is COC(=O)c1cc(N2CCOCC2)cc2c1nc(C)n2-c1ccnc2c(F)cccc12. The van der Waals surface area contributed by atoms with Gasteiger partial charge in [-0.2, -0.15) is 0 Å². The monoisotopic (exact) mass is 420 g/mol. The van der Waals surface area contributed by atoms with Crippen molar-refractivity contribution in [2.24, 2.45) is 0 Å². The van der Waals surface area contributed by atoms with Gasteiger partial charge < -0.3 is 14.4 Å². The Hall–Kier alpha value is -3.52. The van der Waals surface area contributed by atoms with Crippen LogP contribution in [0.2, 0.25) is 0 Å². The van der Waals surface area contributed by atoms with E-state index in [1.807, 2.05) is 35.8 Å². The number of carbonyl (C=O) groups excluding carboxylic acids is 1. The second-order valence-electron chi connectivity index (χ2n) is 7.41. The van der Waals surface area contributed by atoms with E-state index in [1.165, 1.54) is 13.2 Å². The Labute approximate surface area is 178 Å². The van der Waals surface area contributed by atoms with Gasteiger partial charge in [0.15, 0.2) is 0 Å². The third kappa shape index (κ3) is 3.19. The molecule has 158 valence electrons. The maximum absolute atomic E-state index is 14.4. The fourth-order valence-corrected chi connectivity index (χ4v) is 4.17. The summed E-state index contributed by atoms with van der Waals surface area (Å²) in [6.45, 7) is 4.56. The molecule has 2 aromatic carbocycles. The lowest BCUT2D eigenvalue weighted by molar-refractivity contribution is 0.0603. The number of anilines is 1. The van der Waals surface area contributed by atoms with E-state index < -0.39 is 5.97 Å². The van der Waals surface area contributed by atoms with Crippen LogP contribution in [0.3, 0.4) is 0 Å². The van der Waals surface area contributed by atoms with Crippen LogP contribution in [0.1, 0.15) is 16.2 Å². The smallest absolute Gasteiger partial charge is 0.340 e. The molecule has 8 heteroatoms. The van der Waals surface area contributed by atoms with Crippen molar-refractivity contribution in [3.63, 3.8) is 0 Å². The predicted octanol–water partition coefficient (Wildman–Crippen LogP) is 3.64. The van der Waals surface area contributed by atoms with E-state index in [0.717, 1.165) is 30.0 Å². The van der Waals surface area contributed by atoms with Crippen LogP contribution in [0.4, 0.5) is 10.1 Å². The predicted molar refractivity (Wildman–Crippen MR) is 115 cm³/mol. The van der Waals surface area contributed by atoms with Crippen molar-refractivity contribution >= 4 is 33.6 Å². The number of para-hydroxylation sites is 1. The molecule has 4 aromatic rings. The zero-order chi connectivity index (χ0) is 21.5. The van der Waals surface area contributed by atoms with Gasteiger partial charge in [-0.05, 0) is 31.2 Å². The quantitative estimate of drug-likeness (QED) is 0.472. The van der Waals surface area contributed by atoms with Crippen LogP contribution in [-0.4, -0.2) is 53.9 Å². The molecule has 1 aliphatic rings. The third-order valence-electron chi connectivity index (χ3n) is 5.63. The first kappa shape index (κ1) is 19.4. The first-order chi connectivity index (χ1) is 15.1. The van der Waals surface area contributed by atoms with Gasteiger partial charge in [0.25, 0.3) is 0 Å². The van der Waals surface area contributed by atoms with Crippen LogP contribution < -0.4 is 4.90 Å². The molecule has 7 nitrogen and oxygen atoms in total. The minimum absolute atomic E-state index is 0.291. The average Bonchev–Trinajstić information content (AvgIpc) is 3.14. The van der Waals surface area contributed by atoms with E-state index >= 15 is 0 Å². The topological polar surface area (TPSA) is 69.5 Å². The molecular weight excluding hydrogens is 399 g/mol. The van der Waals surface area contributed by atoms with E-state index in [1.54, 1.807) is 12.3 Å². The number of methoxy groups -OCH3 is 1. The van der Waals surface area contributed by atoms with Crippen molar-refractivity contribution in [3.8, 4) is 5.69 Å². The second kappa shape index (κ2) is 7.63. The summed E-state index contributed by atoms with van der Waals surface area (Å²) in [5.74, 6) is -0.155. The van der Waals surface area contributed by atoms with Gasteiger partial charge in [-0.1, -0.05) is 12.1 Å². The molecule has 1 aliphatic heterocycles. The van der Waals surface area contributed by atoms with Crippen LogP contribution in [0.15, 0.2) is 42.6 Å². The number of carbonyl (C=O) groups is 1. The summed E-state index contributed by atoms with van der Waals surface area (Å²) in [7, 11) is 1.36. The maximum Gasteiger partial charge on any atom is 0.340 e. The van der Waals surface area contributed by atoms with E-state index in [9.17, 15) is 9.18 Å². The molecule has 0 spiro atoms. The van der Waals surface area contributed by atoms with Crippen molar-refractivity contribution in [3.05, 3.63) is 59.8 Å². The third-order valence-corrected chi connectivity index (χ3v) is 5.63. The number of morpholine rings is 1.